The number of amides is 1. The van der Waals surface area contributed by atoms with Crippen LogP contribution >= 0.6 is 0 Å². The summed E-state index contributed by atoms with van der Waals surface area (Å²) >= 11 is 0. The Morgan fingerprint density at radius 1 is 1.08 bits per heavy atom. The molecule has 0 aromatic carbocycles. The van der Waals surface area contributed by atoms with Crippen molar-refractivity contribution in [3.05, 3.63) is 11.8 Å². The lowest BCUT2D eigenvalue weighted by molar-refractivity contribution is -0.168. The van der Waals surface area contributed by atoms with Gasteiger partial charge in [0, 0.05) is 6.20 Å². The van der Waals surface area contributed by atoms with Gasteiger partial charge in [-0.2, -0.15) is 4.98 Å². The summed E-state index contributed by atoms with van der Waals surface area (Å²) in [4.78, 5) is 24.1. The fourth-order valence-electron chi connectivity index (χ4n) is 4.28. The van der Waals surface area contributed by atoms with Crippen molar-refractivity contribution in [1.29, 1.82) is 0 Å². The first-order chi connectivity index (χ1) is 16.4. The summed E-state index contributed by atoms with van der Waals surface area (Å²) in [6, 6.07) is -0.922. The molecule has 3 heterocycles. The lowest BCUT2D eigenvalue weighted by atomic mass is 10.0. The Kier molecular flexibility index (Phi) is 7.74. The van der Waals surface area contributed by atoms with Crippen molar-refractivity contribution in [2.75, 3.05) is 20.8 Å². The summed E-state index contributed by atoms with van der Waals surface area (Å²) < 4.78 is 36.0. The zero-order chi connectivity index (χ0) is 27.3. The van der Waals surface area contributed by atoms with Crippen molar-refractivity contribution in [3.8, 4) is 11.9 Å². The molecule has 0 unspecified atom stereocenters. The van der Waals surface area contributed by atoms with E-state index in [-0.39, 0.29) is 17.7 Å². The van der Waals surface area contributed by atoms with Crippen LogP contribution < -0.4 is 9.47 Å². The van der Waals surface area contributed by atoms with E-state index in [0.717, 1.165) is 0 Å². The van der Waals surface area contributed by atoms with Gasteiger partial charge in [-0.1, -0.05) is 20.8 Å². The summed E-state index contributed by atoms with van der Waals surface area (Å²) in [5, 5.41) is 0.000499. The van der Waals surface area contributed by atoms with Gasteiger partial charge in [0.15, 0.2) is 14.1 Å². The summed E-state index contributed by atoms with van der Waals surface area (Å²) in [7, 11) is 0.865. The van der Waals surface area contributed by atoms with Gasteiger partial charge in [0.05, 0.1) is 38.5 Å². The smallest absolute Gasteiger partial charge is 0.411 e. The highest BCUT2D eigenvalue weighted by Gasteiger charge is 2.61. The molecule has 2 aliphatic heterocycles. The van der Waals surface area contributed by atoms with Gasteiger partial charge in [-0.25, -0.2) is 9.78 Å². The van der Waals surface area contributed by atoms with E-state index >= 15 is 0 Å². The standard InChI is InChI=1S/C25H43N3O7Si/c1-23(2,3)35-22(29)28-16(14-32-36(11,12)24(4,5)6)18-19(34-25(7,8)33-18)17(28)15-13-26-21(31-10)27-20(15)30-9/h13,16-19H,14H2,1-12H3/t16-,17+,18-,19+/m1/s1. The second-order valence-corrected chi connectivity index (χ2v) is 17.2. The Labute approximate surface area is 216 Å². The van der Waals surface area contributed by atoms with Crippen LogP contribution in [0.1, 0.15) is 67.0 Å². The van der Waals surface area contributed by atoms with Crippen molar-refractivity contribution in [2.24, 2.45) is 0 Å². The Hall–Kier alpha value is -1.95. The molecule has 2 saturated heterocycles. The molecule has 10 nitrogen and oxygen atoms in total. The highest BCUT2D eigenvalue weighted by atomic mass is 28.4. The molecule has 2 aliphatic rings. The molecule has 3 rings (SSSR count). The quantitative estimate of drug-likeness (QED) is 0.489. The molecule has 4 atom stereocenters. The molecule has 1 aromatic rings. The number of methoxy groups -OCH3 is 2. The molecular formula is C25H43N3O7Si. The third-order valence-corrected chi connectivity index (χ3v) is 11.5. The average Bonchev–Trinajstić information content (AvgIpc) is 3.19. The normalized spacial score (nSPS) is 26.1. The van der Waals surface area contributed by atoms with Gasteiger partial charge in [0.25, 0.3) is 0 Å². The maximum absolute atomic E-state index is 13.7. The average molecular weight is 526 g/mol. The van der Waals surface area contributed by atoms with Crippen molar-refractivity contribution in [1.82, 2.24) is 14.9 Å². The van der Waals surface area contributed by atoms with Crippen LogP contribution in [0.2, 0.25) is 18.1 Å². The van der Waals surface area contributed by atoms with Gasteiger partial charge in [-0.05, 0) is 52.8 Å². The first-order valence-corrected chi connectivity index (χ1v) is 15.3. The molecular weight excluding hydrogens is 482 g/mol. The van der Waals surface area contributed by atoms with Gasteiger partial charge in [0.1, 0.15) is 17.8 Å². The summed E-state index contributed by atoms with van der Waals surface area (Å²) in [5.41, 5.74) is -0.124. The fourth-order valence-corrected chi connectivity index (χ4v) is 5.30. The van der Waals surface area contributed by atoms with Crippen LogP contribution in [0.4, 0.5) is 4.79 Å². The van der Waals surface area contributed by atoms with Crippen LogP contribution in [-0.2, 0) is 18.6 Å². The van der Waals surface area contributed by atoms with Crippen LogP contribution in [0, 0.1) is 0 Å². The van der Waals surface area contributed by atoms with E-state index in [1.54, 1.807) is 11.1 Å². The number of nitrogens with zero attached hydrogens (tertiary/aromatic N) is 3. The molecule has 1 amide bonds. The number of fused-ring (bicyclic) bond motifs is 1. The minimum Gasteiger partial charge on any atom is -0.481 e. The topological polar surface area (TPSA) is 101 Å². The van der Waals surface area contributed by atoms with Crippen molar-refractivity contribution >= 4 is 14.4 Å². The minimum absolute atomic E-state index is 0.000499. The molecule has 0 bridgehead atoms. The number of likely N-dealkylation sites (tertiary alicyclic amines) is 1. The van der Waals surface area contributed by atoms with Gasteiger partial charge >= 0.3 is 12.1 Å². The van der Waals surface area contributed by atoms with Gasteiger partial charge < -0.3 is 28.1 Å². The summed E-state index contributed by atoms with van der Waals surface area (Å²) in [6.45, 7) is 20.5. The molecule has 0 N–H and O–H groups in total. The van der Waals surface area contributed by atoms with Crippen LogP contribution in [0.15, 0.2) is 6.20 Å². The number of carbonyl (C=O) groups is 1. The Bertz CT molecular complexity index is 958. The van der Waals surface area contributed by atoms with Gasteiger partial charge in [-0.3, -0.25) is 4.90 Å². The lowest BCUT2D eigenvalue weighted by Gasteiger charge is -2.40. The third kappa shape index (κ3) is 5.79. The number of aromatic nitrogens is 2. The molecule has 2 fully saturated rings. The highest BCUT2D eigenvalue weighted by molar-refractivity contribution is 6.74. The third-order valence-electron chi connectivity index (χ3n) is 6.99. The monoisotopic (exact) mass is 525 g/mol. The van der Waals surface area contributed by atoms with E-state index in [9.17, 15) is 4.79 Å². The number of hydrogen-bond acceptors (Lipinski definition) is 9. The number of ether oxygens (including phenoxy) is 5. The number of hydrogen-bond donors (Lipinski definition) is 0. The van der Waals surface area contributed by atoms with Crippen molar-refractivity contribution in [3.63, 3.8) is 0 Å². The predicted octanol–water partition coefficient (Wildman–Crippen LogP) is 4.70. The van der Waals surface area contributed by atoms with E-state index in [4.69, 9.17) is 28.1 Å². The minimum atomic E-state index is -2.14. The lowest BCUT2D eigenvalue weighted by Crippen LogP contribution is -2.50. The number of carbonyl (C=O) groups excluding carboxylic acids is 1. The van der Waals surface area contributed by atoms with E-state index in [0.29, 0.717) is 11.4 Å². The van der Waals surface area contributed by atoms with Crippen LogP contribution in [0.3, 0.4) is 0 Å². The first kappa shape index (κ1) is 28.6. The molecule has 1 aromatic heterocycles. The maximum Gasteiger partial charge on any atom is 0.411 e. The second kappa shape index (κ2) is 9.73. The largest absolute Gasteiger partial charge is 0.481 e. The van der Waals surface area contributed by atoms with E-state index in [1.807, 2.05) is 34.6 Å². The summed E-state index contributed by atoms with van der Waals surface area (Å²) in [5.74, 6) is -0.554. The van der Waals surface area contributed by atoms with Crippen LogP contribution in [0.25, 0.3) is 0 Å². The molecule has 0 radical (unpaired) electrons. The molecule has 0 spiro atoms. The Morgan fingerprint density at radius 3 is 2.22 bits per heavy atom. The molecule has 11 heteroatoms. The van der Waals surface area contributed by atoms with E-state index in [1.165, 1.54) is 14.2 Å². The van der Waals surface area contributed by atoms with Crippen molar-refractivity contribution in [2.45, 2.75) is 109 Å². The maximum atomic E-state index is 13.7. The molecule has 204 valence electrons. The molecule has 0 aliphatic carbocycles. The SMILES string of the molecule is COc1ncc([C@H]2[C@@H]3OC(C)(C)O[C@@H]3[C@@H](CO[Si](C)(C)C(C)(C)C)N2C(=O)OC(C)(C)C)c(OC)n1. The highest BCUT2D eigenvalue weighted by Crippen LogP contribution is 2.50. The van der Waals surface area contributed by atoms with Crippen molar-refractivity contribution < 1.29 is 32.9 Å². The zero-order valence-corrected chi connectivity index (χ0v) is 24.8. The van der Waals surface area contributed by atoms with E-state index < -0.39 is 50.1 Å². The Balaban J connectivity index is 2.11. The first-order valence-electron chi connectivity index (χ1n) is 12.4. The van der Waals surface area contributed by atoms with Gasteiger partial charge in [0.2, 0.25) is 5.88 Å². The molecule has 0 saturated carbocycles. The summed E-state index contributed by atoms with van der Waals surface area (Å²) in [6.07, 6.45) is 0.157. The van der Waals surface area contributed by atoms with Crippen LogP contribution in [-0.4, -0.2) is 79.7 Å². The second-order valence-electron chi connectivity index (χ2n) is 12.4. The molecule has 36 heavy (non-hydrogen) atoms. The Morgan fingerprint density at radius 2 is 1.69 bits per heavy atom. The fraction of sp³-hybridized carbons (Fsp3) is 0.800. The predicted molar refractivity (Wildman–Crippen MR) is 137 cm³/mol. The van der Waals surface area contributed by atoms with Gasteiger partial charge in [-0.15, -0.1) is 0 Å². The zero-order valence-electron chi connectivity index (χ0n) is 23.8. The number of rotatable bonds is 6. The van der Waals surface area contributed by atoms with E-state index in [2.05, 4.69) is 43.8 Å². The van der Waals surface area contributed by atoms with Crippen LogP contribution in [0.5, 0.6) is 11.9 Å².